The van der Waals surface area contributed by atoms with Crippen LogP contribution in [0, 0.1) is 23.7 Å². The summed E-state index contributed by atoms with van der Waals surface area (Å²) in [6.07, 6.45) is 71.6. The van der Waals surface area contributed by atoms with Gasteiger partial charge in [-0.25, -0.2) is 0 Å². The van der Waals surface area contributed by atoms with Crippen molar-refractivity contribution in [3.05, 3.63) is 36.5 Å². The van der Waals surface area contributed by atoms with Crippen LogP contribution in [0.1, 0.15) is 385 Å². The highest BCUT2D eigenvalue weighted by atomic mass is 16.5. The zero-order valence-electron chi connectivity index (χ0n) is 55.8. The fourth-order valence-corrected chi connectivity index (χ4v) is 10.0. The summed E-state index contributed by atoms with van der Waals surface area (Å²) >= 11 is 0. The summed E-state index contributed by atoms with van der Waals surface area (Å²) in [4.78, 5) is 33.9. The maximum atomic E-state index is 12.0. The van der Waals surface area contributed by atoms with Gasteiger partial charge in [0.2, 0.25) is 0 Å². The SMILES string of the molecule is CC.CC.CC.CCCCCCC(C)C/C=C\CCCCCCCC(=O)C1CCC1.CCCCCCC(C)C/C=C\CCCCCCCC=O.CCCCCCC(O)C/C=C\CCCCCCCC(=O)OC(CC)CC1CCC1. The van der Waals surface area contributed by atoms with E-state index in [-0.39, 0.29) is 18.2 Å². The summed E-state index contributed by atoms with van der Waals surface area (Å²) in [6, 6.07) is 0. The first-order valence-corrected chi connectivity index (χ1v) is 35.5. The van der Waals surface area contributed by atoms with Gasteiger partial charge in [0.05, 0.1) is 6.10 Å². The lowest BCUT2D eigenvalue weighted by Crippen LogP contribution is -2.24. The second-order valence-corrected chi connectivity index (χ2v) is 23.3. The van der Waals surface area contributed by atoms with Crippen LogP contribution in [0.4, 0.5) is 0 Å². The Morgan fingerprint density at radius 2 is 0.835 bits per heavy atom. The summed E-state index contributed by atoms with van der Waals surface area (Å²) < 4.78 is 5.67. The minimum absolute atomic E-state index is 0.00681. The van der Waals surface area contributed by atoms with Crippen molar-refractivity contribution in [1.82, 2.24) is 0 Å². The van der Waals surface area contributed by atoms with E-state index in [1.807, 2.05) is 41.5 Å². The van der Waals surface area contributed by atoms with E-state index in [9.17, 15) is 19.5 Å². The molecule has 0 radical (unpaired) electrons. The first kappa shape index (κ1) is 83.4. The molecule has 0 aromatic carbocycles. The highest BCUT2D eigenvalue weighted by Crippen LogP contribution is 2.32. The Morgan fingerprint density at radius 3 is 1.23 bits per heavy atom. The molecule has 0 heterocycles. The maximum absolute atomic E-state index is 12.0. The van der Waals surface area contributed by atoms with E-state index in [1.54, 1.807) is 0 Å². The number of ketones is 1. The lowest BCUT2D eigenvalue weighted by molar-refractivity contribution is -0.150. The van der Waals surface area contributed by atoms with Crippen molar-refractivity contribution in [1.29, 1.82) is 0 Å². The number of carbonyl (C=O) groups is 3. The molecule has 0 amide bonds. The number of hydrogen-bond donors (Lipinski definition) is 1. The molecule has 470 valence electrons. The lowest BCUT2D eigenvalue weighted by Gasteiger charge is -2.29. The third kappa shape index (κ3) is 65.0. The van der Waals surface area contributed by atoms with Gasteiger partial charge in [-0.15, -0.1) is 0 Å². The number of Topliss-reactive ketones (excluding diaryl/α,β-unsaturated/α-hetero) is 1. The number of rotatable bonds is 50. The Balaban J connectivity index is -0.000000517. The normalized spacial score (nSPS) is 14.6. The van der Waals surface area contributed by atoms with Gasteiger partial charge in [0, 0.05) is 25.2 Å². The molecule has 4 unspecified atom stereocenters. The van der Waals surface area contributed by atoms with Gasteiger partial charge in [-0.2, -0.15) is 0 Å². The van der Waals surface area contributed by atoms with Gasteiger partial charge in [-0.1, -0.05) is 293 Å². The molecular weight excluding hydrogens is 969 g/mol. The predicted octanol–water partition coefficient (Wildman–Crippen LogP) is 24.7. The molecule has 1 N–H and O–H groups in total. The molecule has 79 heavy (non-hydrogen) atoms. The Hall–Kier alpha value is -2.01. The summed E-state index contributed by atoms with van der Waals surface area (Å²) in [6.45, 7) is 25.7. The second kappa shape index (κ2) is 72.1. The first-order valence-electron chi connectivity index (χ1n) is 35.5. The molecule has 0 aliphatic heterocycles. The van der Waals surface area contributed by atoms with Crippen molar-refractivity contribution in [2.45, 2.75) is 397 Å². The Kier molecular flexibility index (Phi) is 76.2. The molecule has 0 bridgehead atoms. The maximum Gasteiger partial charge on any atom is 0.306 e. The highest BCUT2D eigenvalue weighted by molar-refractivity contribution is 5.81. The van der Waals surface area contributed by atoms with E-state index >= 15 is 0 Å². The van der Waals surface area contributed by atoms with E-state index < -0.39 is 0 Å². The average molecular weight is 1110 g/mol. The number of aliphatic hydroxyl groups is 1. The van der Waals surface area contributed by atoms with Crippen molar-refractivity contribution in [3.8, 4) is 0 Å². The Morgan fingerprint density at radius 1 is 0.456 bits per heavy atom. The van der Waals surface area contributed by atoms with Gasteiger partial charge in [-0.05, 0) is 127 Å². The van der Waals surface area contributed by atoms with Gasteiger partial charge in [0.15, 0.2) is 0 Å². The van der Waals surface area contributed by atoms with Gasteiger partial charge in [0.1, 0.15) is 18.2 Å². The number of hydrogen-bond acceptors (Lipinski definition) is 5. The summed E-state index contributed by atoms with van der Waals surface area (Å²) in [7, 11) is 0. The molecule has 2 aliphatic carbocycles. The van der Waals surface area contributed by atoms with Gasteiger partial charge >= 0.3 is 5.97 Å². The predicted molar refractivity (Wildman–Crippen MR) is 353 cm³/mol. The van der Waals surface area contributed by atoms with Crippen LogP contribution in [-0.4, -0.2) is 35.4 Å². The largest absolute Gasteiger partial charge is 0.462 e. The van der Waals surface area contributed by atoms with Gasteiger partial charge in [-0.3, -0.25) is 9.59 Å². The minimum atomic E-state index is -0.163. The summed E-state index contributed by atoms with van der Waals surface area (Å²) in [5, 5.41) is 9.93. The molecule has 0 aromatic heterocycles. The molecular formula is C74H144O5. The molecule has 0 aromatic rings. The monoisotopic (exact) mass is 1110 g/mol. The van der Waals surface area contributed by atoms with Crippen LogP contribution in [-0.2, 0) is 19.1 Å². The van der Waals surface area contributed by atoms with Crippen molar-refractivity contribution in [2.24, 2.45) is 23.7 Å². The standard InChI is InChI=1S/C26H48O3.C23H42O.C19H36O.3C2H6/c1-3-5-6-13-19-24(27)20-14-11-9-7-8-10-12-15-21-26(28)29-25(4-2)22-23-17-16-18-23;1-3-4-5-12-16-21(2)17-13-10-8-6-7-9-11-14-20-23(24)22-18-15-19-22;1-3-4-5-13-16-19(2)17-14-11-9-7-6-8-10-12-15-18-20;3*1-2/h11,14,23-25,27H,3-10,12-13,15-22H2,1-2H3;10,13,21-22H,3-9,11-12,14-20H2,1-2H3;11,14,18-19H,3-10,12-13,15-17H2,1-2H3;3*1-2H3/b14-11-;13-10-;14-11-;;;. The third-order valence-corrected chi connectivity index (χ3v) is 15.9. The second-order valence-electron chi connectivity index (χ2n) is 23.3. The number of carbonyl (C=O) groups excluding carboxylic acids is 3. The van der Waals surface area contributed by atoms with Crippen LogP contribution in [0.2, 0.25) is 0 Å². The van der Waals surface area contributed by atoms with Crippen LogP contribution in [0.25, 0.3) is 0 Å². The van der Waals surface area contributed by atoms with Gasteiger partial charge < -0.3 is 14.6 Å². The molecule has 5 heteroatoms. The van der Waals surface area contributed by atoms with Crippen molar-refractivity contribution < 1.29 is 24.2 Å². The Bertz CT molecular complexity index is 1260. The highest BCUT2D eigenvalue weighted by Gasteiger charge is 2.24. The smallest absolute Gasteiger partial charge is 0.306 e. The quantitative estimate of drug-likeness (QED) is 0.0284. The van der Waals surface area contributed by atoms with Crippen LogP contribution >= 0.6 is 0 Å². The topological polar surface area (TPSA) is 80.7 Å². The molecule has 4 atom stereocenters. The number of ether oxygens (including phenoxy) is 1. The van der Waals surface area contributed by atoms with E-state index in [2.05, 4.69) is 78.0 Å². The van der Waals surface area contributed by atoms with Crippen LogP contribution in [0.3, 0.4) is 0 Å². The van der Waals surface area contributed by atoms with Crippen molar-refractivity contribution in [3.63, 3.8) is 0 Å². The number of esters is 1. The van der Waals surface area contributed by atoms with Crippen molar-refractivity contribution >= 4 is 18.0 Å². The number of unbranched alkanes of at least 4 members (excludes halogenated alkanes) is 25. The van der Waals surface area contributed by atoms with E-state index in [0.29, 0.717) is 18.1 Å². The lowest BCUT2D eigenvalue weighted by atomic mass is 9.80. The number of aldehydes is 1. The van der Waals surface area contributed by atoms with Crippen molar-refractivity contribution in [2.75, 3.05) is 0 Å². The van der Waals surface area contributed by atoms with Gasteiger partial charge in [0.25, 0.3) is 0 Å². The molecule has 0 spiro atoms. The average Bonchev–Trinajstić information content (AvgIpc) is 3.43. The van der Waals surface area contributed by atoms with Crippen LogP contribution < -0.4 is 0 Å². The fourth-order valence-electron chi connectivity index (χ4n) is 10.0. The summed E-state index contributed by atoms with van der Waals surface area (Å²) in [5.41, 5.74) is 0. The summed E-state index contributed by atoms with van der Waals surface area (Å²) in [5.74, 6) is 3.51. The van der Waals surface area contributed by atoms with Crippen LogP contribution in [0.15, 0.2) is 36.5 Å². The first-order chi connectivity index (χ1) is 38.7. The molecule has 5 nitrogen and oxygen atoms in total. The zero-order chi connectivity index (χ0) is 59.5. The minimum Gasteiger partial charge on any atom is -0.462 e. The van der Waals surface area contributed by atoms with Crippen LogP contribution in [0.5, 0.6) is 0 Å². The molecule has 2 saturated carbocycles. The van der Waals surface area contributed by atoms with E-state index in [4.69, 9.17) is 4.74 Å². The zero-order valence-corrected chi connectivity index (χ0v) is 55.8. The van der Waals surface area contributed by atoms with E-state index in [1.165, 1.54) is 218 Å². The molecule has 2 rings (SSSR count). The number of aliphatic hydroxyl groups excluding tert-OH is 1. The fraction of sp³-hybridized carbons (Fsp3) is 0.878. The molecule has 2 aliphatic rings. The van der Waals surface area contributed by atoms with E-state index in [0.717, 1.165) is 101 Å². The number of allylic oxidation sites excluding steroid dienone is 5. The Labute approximate surface area is 497 Å². The third-order valence-electron chi connectivity index (χ3n) is 15.9. The molecule has 2 fully saturated rings. The molecule has 0 saturated heterocycles.